The number of rotatable bonds is 5. The maximum absolute atomic E-state index is 14.1. The molecule has 0 amide bonds. The molecule has 0 unspecified atom stereocenters. The number of hydrogen-bond acceptors (Lipinski definition) is 0. The van der Waals surface area contributed by atoms with Crippen LogP contribution in [-0.4, -0.2) is 10.7 Å². The van der Waals surface area contributed by atoms with Crippen molar-refractivity contribution in [2.45, 2.75) is 11.8 Å². The van der Waals surface area contributed by atoms with Crippen molar-refractivity contribution in [1.29, 1.82) is 0 Å². The molecular weight excluding hydrogens is 409 g/mol. The lowest BCUT2D eigenvalue weighted by molar-refractivity contribution is 0.496. The largest absolute Gasteiger partial charge is 0.207 e. The van der Waals surface area contributed by atoms with Gasteiger partial charge in [-0.2, -0.15) is 0 Å². The fourth-order valence-corrected chi connectivity index (χ4v) is 4.29. The van der Waals surface area contributed by atoms with Crippen LogP contribution in [0, 0.1) is 17.5 Å². The van der Waals surface area contributed by atoms with E-state index in [9.17, 15) is 13.2 Å². The van der Waals surface area contributed by atoms with E-state index in [-0.39, 0.29) is 5.82 Å². The molecule has 0 aliphatic carbocycles. The molecule has 2 rings (SSSR count). The van der Waals surface area contributed by atoms with Gasteiger partial charge >= 0.3 is 0 Å². The molecule has 0 spiro atoms. The van der Waals surface area contributed by atoms with Crippen LogP contribution in [0.15, 0.2) is 42.5 Å². The molecule has 2 aromatic rings. The van der Waals surface area contributed by atoms with E-state index in [1.165, 1.54) is 18.2 Å². The van der Waals surface area contributed by atoms with Gasteiger partial charge in [0, 0.05) is 22.1 Å². The second-order valence-corrected chi connectivity index (χ2v) is 6.10. The van der Waals surface area contributed by atoms with E-state index < -0.39 is 17.0 Å². The normalized spacial score (nSPS) is 11.7. The summed E-state index contributed by atoms with van der Waals surface area (Å²) in [7, 11) is 0. The van der Waals surface area contributed by atoms with Crippen molar-refractivity contribution < 1.29 is 13.2 Å². The zero-order valence-electron chi connectivity index (χ0n) is 11.1. The number of hydrogen-bond donors (Lipinski definition) is 0. The Kier molecular flexibility index (Phi) is 5.49. The third kappa shape index (κ3) is 3.69. The molecule has 0 saturated carbocycles. The fraction of sp³-hybridized carbons (Fsp3) is 0.250. The van der Waals surface area contributed by atoms with E-state index in [2.05, 4.69) is 31.9 Å². The third-order valence-corrected chi connectivity index (χ3v) is 5.57. The van der Waals surface area contributed by atoms with Gasteiger partial charge in [0.15, 0.2) is 0 Å². The van der Waals surface area contributed by atoms with E-state index in [4.69, 9.17) is 0 Å². The summed E-state index contributed by atoms with van der Waals surface area (Å²) in [6.07, 6.45) is 0.319. The van der Waals surface area contributed by atoms with Crippen molar-refractivity contribution in [2.24, 2.45) is 0 Å². The summed E-state index contributed by atoms with van der Waals surface area (Å²) in [4.78, 5) is 0. The Balaban J connectivity index is 2.45. The van der Waals surface area contributed by atoms with E-state index >= 15 is 0 Å². The molecule has 21 heavy (non-hydrogen) atoms. The highest BCUT2D eigenvalue weighted by molar-refractivity contribution is 9.09. The van der Waals surface area contributed by atoms with Crippen molar-refractivity contribution in [3.05, 3.63) is 71.0 Å². The molecule has 0 saturated heterocycles. The fourth-order valence-electron chi connectivity index (χ4n) is 2.36. The molecule has 0 nitrogen and oxygen atoms in total. The minimum absolute atomic E-state index is 0.319. The molecule has 112 valence electrons. The van der Waals surface area contributed by atoms with Gasteiger partial charge in [-0.15, -0.1) is 0 Å². The molecule has 0 N–H and O–H groups in total. The summed E-state index contributed by atoms with van der Waals surface area (Å²) in [5, 5.41) is 0.925. The SMILES string of the molecule is Fc1cc(F)cc(CC(CBr)(CBr)c2ccccc2F)c1. The number of halogens is 5. The first-order chi connectivity index (χ1) is 10.0. The molecule has 2 aromatic carbocycles. The van der Waals surface area contributed by atoms with Crippen LogP contribution in [0.5, 0.6) is 0 Å². The van der Waals surface area contributed by atoms with Crippen LogP contribution in [0.25, 0.3) is 0 Å². The second kappa shape index (κ2) is 6.97. The Bertz CT molecular complexity index is 604. The Labute approximate surface area is 138 Å². The minimum atomic E-state index is -0.628. The Morgan fingerprint density at radius 2 is 1.43 bits per heavy atom. The lowest BCUT2D eigenvalue weighted by atomic mass is 9.79. The maximum atomic E-state index is 14.1. The highest BCUT2D eigenvalue weighted by Crippen LogP contribution is 2.34. The molecule has 0 aliphatic heterocycles. The average Bonchev–Trinajstić information content (AvgIpc) is 2.44. The Morgan fingerprint density at radius 1 is 0.857 bits per heavy atom. The monoisotopic (exact) mass is 420 g/mol. The van der Waals surface area contributed by atoms with Crippen molar-refractivity contribution >= 4 is 31.9 Å². The molecule has 0 aliphatic rings. The molecule has 0 heterocycles. The Hall–Kier alpha value is -0.810. The predicted molar refractivity (Wildman–Crippen MR) is 85.7 cm³/mol. The van der Waals surface area contributed by atoms with Gasteiger partial charge < -0.3 is 0 Å². The van der Waals surface area contributed by atoms with Crippen molar-refractivity contribution in [3.8, 4) is 0 Å². The van der Waals surface area contributed by atoms with Gasteiger partial charge in [0.1, 0.15) is 17.5 Å². The predicted octanol–water partition coefficient (Wildman–Crippen LogP) is 5.37. The van der Waals surface area contributed by atoms with Gasteiger partial charge in [-0.05, 0) is 35.7 Å². The number of benzene rings is 2. The van der Waals surface area contributed by atoms with Gasteiger partial charge in [0.2, 0.25) is 0 Å². The standard InChI is InChI=1S/C16H13Br2F3/c17-9-16(10-18,14-3-1-2-4-15(14)21)8-11-5-12(19)7-13(20)6-11/h1-7H,8-10H2. The molecule has 0 atom stereocenters. The van der Waals surface area contributed by atoms with Gasteiger partial charge in [-0.25, -0.2) is 13.2 Å². The summed E-state index contributed by atoms with van der Waals surface area (Å²) in [6.45, 7) is 0. The van der Waals surface area contributed by atoms with Crippen molar-refractivity contribution in [1.82, 2.24) is 0 Å². The lowest BCUT2D eigenvalue weighted by Crippen LogP contribution is -2.34. The maximum Gasteiger partial charge on any atom is 0.127 e. The van der Waals surface area contributed by atoms with Crippen LogP contribution in [0.3, 0.4) is 0 Å². The van der Waals surface area contributed by atoms with Gasteiger partial charge in [0.25, 0.3) is 0 Å². The van der Waals surface area contributed by atoms with E-state index in [0.29, 0.717) is 28.2 Å². The van der Waals surface area contributed by atoms with Crippen LogP contribution < -0.4 is 0 Å². The molecule has 0 aromatic heterocycles. The van der Waals surface area contributed by atoms with Crippen LogP contribution in [0.1, 0.15) is 11.1 Å². The zero-order chi connectivity index (χ0) is 15.5. The first kappa shape index (κ1) is 16.6. The van der Waals surface area contributed by atoms with E-state index in [1.807, 2.05) is 0 Å². The van der Waals surface area contributed by atoms with Crippen LogP contribution in [0.4, 0.5) is 13.2 Å². The van der Waals surface area contributed by atoms with Crippen molar-refractivity contribution in [2.75, 3.05) is 10.7 Å². The topological polar surface area (TPSA) is 0 Å². The van der Waals surface area contributed by atoms with Crippen LogP contribution >= 0.6 is 31.9 Å². The zero-order valence-corrected chi connectivity index (χ0v) is 14.2. The minimum Gasteiger partial charge on any atom is -0.207 e. The quantitative estimate of drug-likeness (QED) is 0.569. The molecule has 5 heteroatoms. The second-order valence-electron chi connectivity index (χ2n) is 4.98. The van der Waals surface area contributed by atoms with E-state index in [0.717, 1.165) is 6.07 Å². The van der Waals surface area contributed by atoms with E-state index in [1.54, 1.807) is 18.2 Å². The third-order valence-electron chi connectivity index (χ3n) is 3.42. The summed E-state index contributed by atoms with van der Waals surface area (Å²) >= 11 is 6.83. The van der Waals surface area contributed by atoms with Gasteiger partial charge in [0.05, 0.1) is 0 Å². The molecule has 0 fully saturated rings. The van der Waals surface area contributed by atoms with Crippen LogP contribution in [-0.2, 0) is 11.8 Å². The molecule has 0 bridgehead atoms. The first-order valence-electron chi connectivity index (χ1n) is 6.33. The van der Waals surface area contributed by atoms with Gasteiger partial charge in [-0.3, -0.25) is 0 Å². The van der Waals surface area contributed by atoms with Gasteiger partial charge in [-0.1, -0.05) is 50.1 Å². The summed E-state index contributed by atoms with van der Waals surface area (Å²) in [5.41, 5.74) is 0.393. The van der Waals surface area contributed by atoms with Crippen molar-refractivity contribution in [3.63, 3.8) is 0 Å². The van der Waals surface area contributed by atoms with Crippen LogP contribution in [0.2, 0.25) is 0 Å². The Morgan fingerprint density at radius 3 is 1.95 bits per heavy atom. The smallest absolute Gasteiger partial charge is 0.127 e. The highest BCUT2D eigenvalue weighted by atomic mass is 79.9. The summed E-state index contributed by atoms with van der Waals surface area (Å²) in [5.74, 6) is -1.58. The summed E-state index contributed by atoms with van der Waals surface area (Å²) < 4.78 is 40.8. The average molecular weight is 422 g/mol. The molecule has 0 radical (unpaired) electrons. The molecular formula is C16H13Br2F3. The highest BCUT2D eigenvalue weighted by Gasteiger charge is 2.33. The number of alkyl halides is 2. The summed E-state index contributed by atoms with van der Waals surface area (Å²) in [6, 6.07) is 9.86. The lowest BCUT2D eigenvalue weighted by Gasteiger charge is -2.31. The first-order valence-corrected chi connectivity index (χ1v) is 8.57.